The van der Waals surface area contributed by atoms with Crippen LogP contribution >= 0.6 is 0 Å². The summed E-state index contributed by atoms with van der Waals surface area (Å²) in [5.74, 6) is 0.732. The minimum absolute atomic E-state index is 0.0109. The number of ether oxygens (including phenoxy) is 1. The molecule has 3 aliphatic heterocycles. The molecule has 1 aromatic heterocycles. The van der Waals surface area contributed by atoms with Gasteiger partial charge in [0, 0.05) is 45.5 Å². The highest BCUT2D eigenvalue weighted by Gasteiger charge is 2.41. The van der Waals surface area contributed by atoms with Gasteiger partial charge in [-0.25, -0.2) is 4.39 Å². The van der Waals surface area contributed by atoms with E-state index in [2.05, 4.69) is 32.9 Å². The van der Waals surface area contributed by atoms with Crippen LogP contribution in [0, 0.1) is 11.7 Å². The third-order valence-electron chi connectivity index (χ3n) is 6.18. The Morgan fingerprint density at radius 1 is 1.13 bits per heavy atom. The Hall–Kier alpha value is -2.77. The molecule has 3 aliphatic rings. The van der Waals surface area contributed by atoms with Crippen LogP contribution in [0.5, 0.6) is 5.75 Å². The number of oxime groups is 1. The average molecular weight is 423 g/mol. The highest BCUT2D eigenvalue weighted by molar-refractivity contribution is 6.04. The number of hydrogen-bond donors (Lipinski definition) is 0. The second-order valence-electron chi connectivity index (χ2n) is 8.51. The number of halogens is 1. The zero-order valence-corrected chi connectivity index (χ0v) is 17.7. The standard InChI is InChI=1S/C24H27FN4O2/c1-17(13-18-4-6-19(25)7-5-18)14-28-9-11-29(12-10-28)15-22-20-16-30-21-3-2-8-26-24(21)23(20)27-31-22/h2-8,13,20,22H,9-12,14-16H2,1H3/b17-13+. The van der Waals surface area contributed by atoms with Gasteiger partial charge in [0.05, 0.1) is 5.92 Å². The molecule has 2 atom stereocenters. The van der Waals surface area contributed by atoms with Crippen molar-refractivity contribution in [2.45, 2.75) is 13.0 Å². The van der Waals surface area contributed by atoms with Gasteiger partial charge in [0.15, 0.2) is 6.10 Å². The Morgan fingerprint density at radius 3 is 2.71 bits per heavy atom. The van der Waals surface area contributed by atoms with Gasteiger partial charge in [0.2, 0.25) is 0 Å². The molecule has 1 saturated heterocycles. The van der Waals surface area contributed by atoms with Crippen molar-refractivity contribution in [2.24, 2.45) is 11.1 Å². The third-order valence-corrected chi connectivity index (χ3v) is 6.18. The van der Waals surface area contributed by atoms with Crippen LogP contribution in [0.2, 0.25) is 0 Å². The van der Waals surface area contributed by atoms with Gasteiger partial charge in [-0.15, -0.1) is 0 Å². The molecule has 4 heterocycles. The van der Waals surface area contributed by atoms with Crippen LogP contribution in [0.15, 0.2) is 53.3 Å². The van der Waals surface area contributed by atoms with Gasteiger partial charge in [-0.1, -0.05) is 28.9 Å². The normalized spacial score (nSPS) is 24.1. The van der Waals surface area contributed by atoms with Gasteiger partial charge < -0.3 is 9.57 Å². The van der Waals surface area contributed by atoms with E-state index in [-0.39, 0.29) is 17.8 Å². The second kappa shape index (κ2) is 8.77. The van der Waals surface area contributed by atoms with Crippen molar-refractivity contribution >= 4 is 11.8 Å². The topological polar surface area (TPSA) is 50.2 Å². The molecule has 162 valence electrons. The van der Waals surface area contributed by atoms with Crippen molar-refractivity contribution in [1.82, 2.24) is 14.8 Å². The lowest BCUT2D eigenvalue weighted by Crippen LogP contribution is -2.50. The first-order valence-electron chi connectivity index (χ1n) is 10.8. The largest absolute Gasteiger partial charge is 0.490 e. The number of benzene rings is 1. The van der Waals surface area contributed by atoms with E-state index in [1.54, 1.807) is 6.20 Å². The molecule has 0 radical (unpaired) electrons. The maximum absolute atomic E-state index is 13.1. The lowest BCUT2D eigenvalue weighted by molar-refractivity contribution is 0.0101. The monoisotopic (exact) mass is 422 g/mol. The van der Waals surface area contributed by atoms with Crippen LogP contribution < -0.4 is 4.74 Å². The van der Waals surface area contributed by atoms with Crippen molar-refractivity contribution in [2.75, 3.05) is 45.9 Å². The van der Waals surface area contributed by atoms with E-state index in [4.69, 9.17) is 9.57 Å². The molecule has 0 bridgehead atoms. The van der Waals surface area contributed by atoms with Crippen molar-refractivity contribution in [3.63, 3.8) is 0 Å². The number of aromatic nitrogens is 1. The summed E-state index contributed by atoms with van der Waals surface area (Å²) in [4.78, 5) is 15.2. The molecule has 0 aliphatic carbocycles. The molecule has 0 spiro atoms. The molecule has 0 saturated carbocycles. The van der Waals surface area contributed by atoms with Crippen molar-refractivity contribution < 1.29 is 14.0 Å². The van der Waals surface area contributed by atoms with Crippen LogP contribution in [0.1, 0.15) is 18.2 Å². The van der Waals surface area contributed by atoms with Gasteiger partial charge in [0.25, 0.3) is 0 Å². The molecule has 0 N–H and O–H groups in total. The van der Waals surface area contributed by atoms with E-state index in [0.29, 0.717) is 6.61 Å². The number of piperazine rings is 1. The highest BCUT2D eigenvalue weighted by Crippen LogP contribution is 2.32. The van der Waals surface area contributed by atoms with Crippen molar-refractivity contribution in [3.05, 3.63) is 65.2 Å². The number of hydrogen-bond acceptors (Lipinski definition) is 6. The number of nitrogens with zero attached hydrogens (tertiary/aromatic N) is 4. The first-order chi connectivity index (χ1) is 15.2. The molecule has 31 heavy (non-hydrogen) atoms. The lowest BCUT2D eigenvalue weighted by Gasteiger charge is -2.36. The van der Waals surface area contributed by atoms with Crippen LogP contribution in [-0.2, 0) is 4.84 Å². The highest BCUT2D eigenvalue weighted by atomic mass is 19.1. The Kier molecular flexibility index (Phi) is 5.70. The molecule has 2 unspecified atom stereocenters. The van der Waals surface area contributed by atoms with Crippen molar-refractivity contribution in [3.8, 4) is 5.75 Å². The van der Waals surface area contributed by atoms with E-state index in [1.165, 1.54) is 17.7 Å². The average Bonchev–Trinajstić information content (AvgIpc) is 3.20. The summed E-state index contributed by atoms with van der Waals surface area (Å²) < 4.78 is 19.0. The molecule has 0 amide bonds. The first-order valence-corrected chi connectivity index (χ1v) is 10.8. The fraction of sp³-hybridized carbons (Fsp3) is 0.417. The predicted octanol–water partition coefficient (Wildman–Crippen LogP) is 3.05. The maximum atomic E-state index is 13.1. The second-order valence-corrected chi connectivity index (χ2v) is 8.51. The van der Waals surface area contributed by atoms with E-state index in [0.717, 1.165) is 62.0 Å². The zero-order chi connectivity index (χ0) is 21.2. The van der Waals surface area contributed by atoms with Crippen molar-refractivity contribution in [1.29, 1.82) is 0 Å². The lowest BCUT2D eigenvalue weighted by atomic mass is 9.93. The van der Waals surface area contributed by atoms with Gasteiger partial charge in [0.1, 0.15) is 29.6 Å². The quantitative estimate of drug-likeness (QED) is 0.741. The summed E-state index contributed by atoms with van der Waals surface area (Å²) in [6.45, 7) is 8.54. The summed E-state index contributed by atoms with van der Waals surface area (Å²) in [6.07, 6.45) is 3.91. The molecule has 1 fully saturated rings. The van der Waals surface area contributed by atoms with E-state index >= 15 is 0 Å². The number of rotatable bonds is 5. The summed E-state index contributed by atoms with van der Waals surface area (Å²) in [5, 5.41) is 4.35. The Bertz CT molecular complexity index is 983. The Morgan fingerprint density at radius 2 is 1.90 bits per heavy atom. The fourth-order valence-electron chi connectivity index (χ4n) is 4.51. The van der Waals surface area contributed by atoms with E-state index < -0.39 is 0 Å². The Balaban J connectivity index is 1.12. The first kappa shape index (κ1) is 20.2. The smallest absolute Gasteiger partial charge is 0.151 e. The van der Waals surface area contributed by atoms with Gasteiger partial charge in [-0.3, -0.25) is 14.8 Å². The third kappa shape index (κ3) is 4.48. The predicted molar refractivity (Wildman–Crippen MR) is 118 cm³/mol. The van der Waals surface area contributed by atoms with Crippen LogP contribution in [-0.4, -0.2) is 72.5 Å². The number of pyridine rings is 1. The summed E-state index contributed by atoms with van der Waals surface area (Å²) in [7, 11) is 0. The minimum Gasteiger partial charge on any atom is -0.490 e. The maximum Gasteiger partial charge on any atom is 0.151 e. The van der Waals surface area contributed by atoms with Gasteiger partial charge in [-0.2, -0.15) is 0 Å². The SMILES string of the molecule is C/C(=C\c1ccc(F)cc1)CN1CCN(CC2ON=C3c4ncccc4OCC32)CC1. The summed E-state index contributed by atoms with van der Waals surface area (Å²) in [6, 6.07) is 10.5. The number of fused-ring (bicyclic) bond motifs is 3. The molecular weight excluding hydrogens is 395 g/mol. The molecule has 2 aromatic rings. The Labute approximate surface area is 182 Å². The van der Waals surface area contributed by atoms with Crippen LogP contribution in [0.3, 0.4) is 0 Å². The van der Waals surface area contributed by atoms with E-state index in [1.807, 2.05) is 24.3 Å². The van der Waals surface area contributed by atoms with E-state index in [9.17, 15) is 4.39 Å². The molecule has 6 nitrogen and oxygen atoms in total. The zero-order valence-electron chi connectivity index (χ0n) is 17.7. The summed E-state index contributed by atoms with van der Waals surface area (Å²) >= 11 is 0. The summed E-state index contributed by atoms with van der Waals surface area (Å²) in [5.41, 5.74) is 4.06. The van der Waals surface area contributed by atoms with Crippen LogP contribution in [0.4, 0.5) is 4.39 Å². The molecule has 1 aromatic carbocycles. The van der Waals surface area contributed by atoms with Crippen LogP contribution in [0.25, 0.3) is 6.08 Å². The minimum atomic E-state index is -0.199. The fourth-order valence-corrected chi connectivity index (χ4v) is 4.51. The molecule has 5 rings (SSSR count). The molecule has 7 heteroatoms. The van der Waals surface area contributed by atoms with Gasteiger partial charge in [-0.05, 0) is 36.8 Å². The van der Waals surface area contributed by atoms with Gasteiger partial charge >= 0.3 is 0 Å². The molecular formula is C24H27FN4O2.